The van der Waals surface area contributed by atoms with Gasteiger partial charge in [0.05, 0.1) is 32.1 Å². The van der Waals surface area contributed by atoms with Crippen LogP contribution in [-0.4, -0.2) is 64.0 Å². The van der Waals surface area contributed by atoms with E-state index in [4.69, 9.17) is 14.2 Å². The fraction of sp³-hybridized carbons (Fsp3) is 0.562. The van der Waals surface area contributed by atoms with Crippen molar-refractivity contribution in [3.05, 3.63) is 23.8 Å². The molecular formula is C16H24N2O6S. The molecule has 0 saturated carbocycles. The Morgan fingerprint density at radius 3 is 2.32 bits per heavy atom. The summed E-state index contributed by atoms with van der Waals surface area (Å²) in [5.74, 6) is 0.359. The molecule has 1 aliphatic rings. The summed E-state index contributed by atoms with van der Waals surface area (Å²) in [6.07, 6.45) is 0. The van der Waals surface area contributed by atoms with Crippen LogP contribution in [0.4, 0.5) is 0 Å². The van der Waals surface area contributed by atoms with Gasteiger partial charge in [0.2, 0.25) is 10.0 Å². The molecule has 0 spiro atoms. The number of rotatable bonds is 7. The second-order valence-corrected chi connectivity index (χ2v) is 8.32. The van der Waals surface area contributed by atoms with E-state index < -0.39 is 21.5 Å². The minimum absolute atomic E-state index is 0.00667. The summed E-state index contributed by atoms with van der Waals surface area (Å²) in [6, 6.07) is 4.77. The van der Waals surface area contributed by atoms with Crippen molar-refractivity contribution in [3.8, 4) is 11.5 Å². The number of ether oxygens (including phenoxy) is 3. The molecule has 0 unspecified atom stereocenters. The normalized spacial score (nSPS) is 17.3. The molecule has 1 amide bonds. The maximum atomic E-state index is 12.4. The first-order chi connectivity index (χ1) is 11.7. The van der Waals surface area contributed by atoms with Gasteiger partial charge in [-0.3, -0.25) is 4.79 Å². The van der Waals surface area contributed by atoms with Crippen LogP contribution in [0.2, 0.25) is 0 Å². The van der Waals surface area contributed by atoms with Gasteiger partial charge < -0.3 is 19.5 Å². The van der Waals surface area contributed by atoms with Crippen LogP contribution >= 0.6 is 0 Å². The lowest BCUT2D eigenvalue weighted by molar-refractivity contribution is 0.0955. The summed E-state index contributed by atoms with van der Waals surface area (Å²) in [4.78, 5) is 12.3. The molecule has 140 valence electrons. The number of nitrogens with one attached hydrogen (secondary N) is 1. The van der Waals surface area contributed by atoms with Crippen molar-refractivity contribution >= 4 is 15.9 Å². The van der Waals surface area contributed by atoms with Crippen LogP contribution in [0.15, 0.2) is 18.2 Å². The molecule has 9 heteroatoms. The smallest absolute Gasteiger partial charge is 0.251 e. The molecule has 1 aromatic rings. The van der Waals surface area contributed by atoms with Gasteiger partial charge in [-0.05, 0) is 26.0 Å². The van der Waals surface area contributed by atoms with Crippen LogP contribution in [0.25, 0.3) is 0 Å². The number of benzene rings is 1. The van der Waals surface area contributed by atoms with Crippen molar-refractivity contribution in [2.75, 3.05) is 39.9 Å². The average Bonchev–Trinajstić information content (AvgIpc) is 2.94. The van der Waals surface area contributed by atoms with E-state index in [1.165, 1.54) is 18.5 Å². The van der Waals surface area contributed by atoms with Crippen molar-refractivity contribution in [1.29, 1.82) is 0 Å². The minimum atomic E-state index is -3.53. The molecule has 1 N–H and O–H groups in total. The molecule has 1 fully saturated rings. The van der Waals surface area contributed by atoms with E-state index in [0.717, 1.165) is 0 Å². The third-order valence-electron chi connectivity index (χ3n) is 3.93. The highest BCUT2D eigenvalue weighted by Crippen LogP contribution is 2.25. The van der Waals surface area contributed by atoms with Gasteiger partial charge in [-0.15, -0.1) is 0 Å². The van der Waals surface area contributed by atoms with Crippen LogP contribution in [0.1, 0.15) is 24.2 Å². The van der Waals surface area contributed by atoms with E-state index in [2.05, 4.69) is 5.32 Å². The van der Waals surface area contributed by atoms with Crippen LogP contribution in [0.3, 0.4) is 0 Å². The van der Waals surface area contributed by atoms with Crippen molar-refractivity contribution in [2.24, 2.45) is 0 Å². The molecule has 0 atom stereocenters. The third kappa shape index (κ3) is 4.62. The molecule has 0 aromatic heterocycles. The van der Waals surface area contributed by atoms with Gasteiger partial charge in [-0.1, -0.05) is 0 Å². The Kier molecular flexibility index (Phi) is 5.91. The largest absolute Gasteiger partial charge is 0.497 e. The van der Waals surface area contributed by atoms with Crippen LogP contribution in [0, 0.1) is 0 Å². The molecule has 0 aliphatic carbocycles. The number of carbonyl (C=O) groups excluding carboxylic acids is 1. The molecule has 25 heavy (non-hydrogen) atoms. The van der Waals surface area contributed by atoms with Crippen molar-refractivity contribution in [3.63, 3.8) is 0 Å². The quantitative estimate of drug-likeness (QED) is 0.762. The van der Waals surface area contributed by atoms with Gasteiger partial charge in [0.15, 0.2) is 0 Å². The van der Waals surface area contributed by atoms with Gasteiger partial charge in [0.1, 0.15) is 18.2 Å². The summed E-state index contributed by atoms with van der Waals surface area (Å²) in [5.41, 5.74) is -0.248. The first kappa shape index (κ1) is 19.5. The highest BCUT2D eigenvalue weighted by Gasteiger charge is 2.40. The lowest BCUT2D eigenvalue weighted by atomic mass is 10.1. The predicted molar refractivity (Wildman–Crippen MR) is 92.4 cm³/mol. The highest BCUT2D eigenvalue weighted by molar-refractivity contribution is 7.89. The van der Waals surface area contributed by atoms with Crippen LogP contribution < -0.4 is 14.8 Å². The minimum Gasteiger partial charge on any atom is -0.497 e. The second-order valence-electron chi connectivity index (χ2n) is 6.31. The molecule has 1 saturated heterocycles. The standard InChI is InChI=1S/C16H24N2O6S/c1-16(2)10-24-11-18(16)25(20,21)6-5-17-15(19)12-7-13(22-3)9-14(8-12)23-4/h7-9H,5-6,10-11H2,1-4H3,(H,17,19). The number of methoxy groups -OCH3 is 2. The molecule has 2 rings (SSSR count). The van der Waals surface area contributed by atoms with Gasteiger partial charge in [0.25, 0.3) is 5.91 Å². The van der Waals surface area contributed by atoms with E-state index in [1.807, 2.05) is 0 Å². The van der Waals surface area contributed by atoms with Crippen molar-refractivity contribution in [1.82, 2.24) is 9.62 Å². The van der Waals surface area contributed by atoms with E-state index >= 15 is 0 Å². The molecule has 1 aliphatic heterocycles. The van der Waals surface area contributed by atoms with E-state index in [9.17, 15) is 13.2 Å². The number of hydrogen-bond donors (Lipinski definition) is 1. The number of nitrogens with zero attached hydrogens (tertiary/aromatic N) is 1. The third-order valence-corrected chi connectivity index (χ3v) is 5.93. The monoisotopic (exact) mass is 372 g/mol. The first-order valence-corrected chi connectivity index (χ1v) is 9.40. The molecule has 0 bridgehead atoms. The van der Waals surface area contributed by atoms with E-state index in [0.29, 0.717) is 23.7 Å². The summed E-state index contributed by atoms with van der Waals surface area (Å²) < 4.78 is 41.6. The summed E-state index contributed by atoms with van der Waals surface area (Å²) in [5, 5.41) is 2.61. The van der Waals surface area contributed by atoms with E-state index in [1.54, 1.807) is 32.0 Å². The highest BCUT2D eigenvalue weighted by atomic mass is 32.2. The average molecular weight is 372 g/mol. The number of carbonyl (C=O) groups is 1. The van der Waals surface area contributed by atoms with Gasteiger partial charge in [-0.2, -0.15) is 4.31 Å². The summed E-state index contributed by atoms with van der Waals surface area (Å²) in [7, 11) is -0.549. The summed E-state index contributed by atoms with van der Waals surface area (Å²) in [6.45, 7) is 3.99. The second kappa shape index (κ2) is 7.59. The first-order valence-electron chi connectivity index (χ1n) is 7.79. The Balaban J connectivity index is 1.99. The predicted octanol–water partition coefficient (Wildman–Crippen LogP) is 0.832. The fourth-order valence-electron chi connectivity index (χ4n) is 2.53. The molecule has 8 nitrogen and oxygen atoms in total. The Morgan fingerprint density at radius 1 is 1.24 bits per heavy atom. The zero-order chi connectivity index (χ0) is 18.7. The zero-order valence-electron chi connectivity index (χ0n) is 14.9. The summed E-state index contributed by atoms with van der Waals surface area (Å²) >= 11 is 0. The Morgan fingerprint density at radius 2 is 1.84 bits per heavy atom. The van der Waals surface area contributed by atoms with E-state index in [-0.39, 0.29) is 19.0 Å². The van der Waals surface area contributed by atoms with Crippen molar-refractivity contribution < 1.29 is 27.4 Å². The van der Waals surface area contributed by atoms with Gasteiger partial charge >= 0.3 is 0 Å². The van der Waals surface area contributed by atoms with Gasteiger partial charge in [-0.25, -0.2) is 8.42 Å². The van der Waals surface area contributed by atoms with Crippen LogP contribution in [0.5, 0.6) is 11.5 Å². The molecule has 1 aromatic carbocycles. The Labute approximate surface area is 148 Å². The van der Waals surface area contributed by atoms with Crippen molar-refractivity contribution in [2.45, 2.75) is 19.4 Å². The van der Waals surface area contributed by atoms with Crippen LogP contribution in [-0.2, 0) is 14.8 Å². The molecular weight excluding hydrogens is 348 g/mol. The fourth-order valence-corrected chi connectivity index (χ4v) is 4.15. The Hall–Kier alpha value is -1.84. The topological polar surface area (TPSA) is 94.2 Å². The SMILES string of the molecule is COc1cc(OC)cc(C(=O)NCCS(=O)(=O)N2COCC2(C)C)c1. The Bertz CT molecular complexity index is 710. The molecule has 1 heterocycles. The number of amides is 1. The maximum Gasteiger partial charge on any atom is 0.251 e. The van der Waals surface area contributed by atoms with Gasteiger partial charge in [0, 0.05) is 18.2 Å². The number of hydrogen-bond acceptors (Lipinski definition) is 6. The molecule has 0 radical (unpaired) electrons. The maximum absolute atomic E-state index is 12.4. The number of sulfonamides is 1. The lowest BCUT2D eigenvalue weighted by Crippen LogP contribution is -2.46. The lowest BCUT2D eigenvalue weighted by Gasteiger charge is -2.28. The zero-order valence-corrected chi connectivity index (χ0v) is 15.7.